The highest BCUT2D eigenvalue weighted by Crippen LogP contribution is 2.36. The van der Waals surface area contributed by atoms with Crippen molar-refractivity contribution in [2.45, 2.75) is 12.3 Å². The summed E-state index contributed by atoms with van der Waals surface area (Å²) in [7, 11) is 0. The lowest BCUT2D eigenvalue weighted by Gasteiger charge is -2.16. The van der Waals surface area contributed by atoms with Gasteiger partial charge in [-0.1, -0.05) is 5.16 Å². The van der Waals surface area contributed by atoms with Crippen molar-refractivity contribution in [2.24, 2.45) is 0 Å². The van der Waals surface area contributed by atoms with E-state index in [0.29, 0.717) is 22.9 Å². The van der Waals surface area contributed by atoms with Crippen LogP contribution in [0.4, 0.5) is 14.5 Å². The van der Waals surface area contributed by atoms with Crippen LogP contribution in [0.5, 0.6) is 11.5 Å². The van der Waals surface area contributed by atoms with E-state index in [1.807, 2.05) is 0 Å². The highest BCUT2D eigenvalue weighted by molar-refractivity contribution is 5.96. The van der Waals surface area contributed by atoms with Crippen LogP contribution in [0.25, 0.3) is 11.5 Å². The molecule has 0 spiro atoms. The van der Waals surface area contributed by atoms with Crippen LogP contribution in [0, 0.1) is 11.6 Å². The Bertz CT molecular complexity index is 1060. The lowest BCUT2D eigenvalue weighted by atomic mass is 10.1. The second-order valence-electron chi connectivity index (χ2n) is 6.56. The molecule has 3 aromatic rings. The summed E-state index contributed by atoms with van der Waals surface area (Å²) in [6, 6.07) is 8.27. The molecular formula is C19H13F2N3O4. The van der Waals surface area contributed by atoms with Crippen molar-refractivity contribution in [3.8, 4) is 23.0 Å². The van der Waals surface area contributed by atoms with Gasteiger partial charge in [0.1, 0.15) is 11.6 Å². The molecule has 1 aromatic heterocycles. The van der Waals surface area contributed by atoms with Gasteiger partial charge in [-0.2, -0.15) is 4.98 Å². The van der Waals surface area contributed by atoms with Crippen molar-refractivity contribution in [1.82, 2.24) is 10.1 Å². The molecule has 2 aromatic carbocycles. The average molecular weight is 385 g/mol. The average Bonchev–Trinajstić information content (AvgIpc) is 3.39. The fourth-order valence-electron chi connectivity index (χ4n) is 3.37. The number of hydrogen-bond acceptors (Lipinski definition) is 6. The number of carbonyl (C=O) groups excluding carboxylic acids is 1. The second kappa shape index (κ2) is 6.29. The number of nitrogens with zero attached hydrogens (tertiary/aromatic N) is 3. The number of halogens is 2. The highest BCUT2D eigenvalue weighted by Gasteiger charge is 2.35. The van der Waals surface area contributed by atoms with Gasteiger partial charge in [0.2, 0.25) is 12.7 Å². The Balaban J connectivity index is 1.38. The third-order valence-electron chi connectivity index (χ3n) is 4.71. The number of amides is 1. The van der Waals surface area contributed by atoms with Crippen LogP contribution in [-0.4, -0.2) is 29.4 Å². The molecule has 0 aliphatic carbocycles. The Kier molecular flexibility index (Phi) is 3.75. The molecule has 7 nitrogen and oxygen atoms in total. The van der Waals surface area contributed by atoms with Gasteiger partial charge in [0.25, 0.3) is 5.89 Å². The van der Waals surface area contributed by atoms with E-state index in [4.69, 9.17) is 14.0 Å². The van der Waals surface area contributed by atoms with E-state index in [1.165, 1.54) is 4.90 Å². The minimum absolute atomic E-state index is 0.123. The summed E-state index contributed by atoms with van der Waals surface area (Å²) in [6.07, 6.45) is 0.123. The van der Waals surface area contributed by atoms with Gasteiger partial charge < -0.3 is 18.9 Å². The van der Waals surface area contributed by atoms with Crippen LogP contribution >= 0.6 is 0 Å². The molecule has 0 bridgehead atoms. The van der Waals surface area contributed by atoms with E-state index in [0.717, 1.165) is 18.2 Å². The van der Waals surface area contributed by atoms with Gasteiger partial charge in [0, 0.05) is 36.2 Å². The smallest absolute Gasteiger partial charge is 0.258 e. The molecule has 1 atom stereocenters. The first-order chi connectivity index (χ1) is 13.6. The largest absolute Gasteiger partial charge is 0.454 e. The molecule has 1 unspecified atom stereocenters. The minimum atomic E-state index is -0.740. The van der Waals surface area contributed by atoms with Gasteiger partial charge in [0.15, 0.2) is 17.3 Å². The summed E-state index contributed by atoms with van der Waals surface area (Å²) < 4.78 is 42.9. The zero-order valence-electron chi connectivity index (χ0n) is 14.4. The lowest BCUT2D eigenvalue weighted by molar-refractivity contribution is -0.117. The molecule has 142 valence electrons. The van der Waals surface area contributed by atoms with Crippen LogP contribution < -0.4 is 14.4 Å². The molecular weight excluding hydrogens is 372 g/mol. The van der Waals surface area contributed by atoms with Crippen molar-refractivity contribution >= 4 is 11.6 Å². The number of hydrogen-bond donors (Lipinski definition) is 0. The Morgan fingerprint density at radius 3 is 2.64 bits per heavy atom. The van der Waals surface area contributed by atoms with Gasteiger partial charge in [-0.25, -0.2) is 8.78 Å². The molecule has 0 saturated carbocycles. The molecule has 0 N–H and O–H groups in total. The van der Waals surface area contributed by atoms with Crippen LogP contribution in [0.15, 0.2) is 40.9 Å². The summed E-state index contributed by atoms with van der Waals surface area (Å²) in [5.74, 6) is -0.201. The molecule has 1 saturated heterocycles. The van der Waals surface area contributed by atoms with Crippen LogP contribution in [0.2, 0.25) is 0 Å². The van der Waals surface area contributed by atoms with Crippen molar-refractivity contribution in [2.75, 3.05) is 18.2 Å². The fraction of sp³-hybridized carbons (Fsp3) is 0.211. The Morgan fingerprint density at radius 2 is 1.82 bits per heavy atom. The summed E-state index contributed by atoms with van der Waals surface area (Å²) in [4.78, 5) is 18.1. The third-order valence-corrected chi connectivity index (χ3v) is 4.71. The van der Waals surface area contributed by atoms with Gasteiger partial charge in [-0.3, -0.25) is 4.79 Å². The van der Waals surface area contributed by atoms with E-state index in [9.17, 15) is 13.6 Å². The van der Waals surface area contributed by atoms with Crippen LogP contribution in [0.3, 0.4) is 0 Å². The van der Waals surface area contributed by atoms with Crippen LogP contribution in [0.1, 0.15) is 18.2 Å². The van der Waals surface area contributed by atoms with E-state index < -0.39 is 11.6 Å². The van der Waals surface area contributed by atoms with Gasteiger partial charge >= 0.3 is 0 Å². The molecule has 5 rings (SSSR count). The van der Waals surface area contributed by atoms with Gasteiger partial charge in [-0.15, -0.1) is 0 Å². The molecule has 1 fully saturated rings. The van der Waals surface area contributed by atoms with E-state index in [1.54, 1.807) is 18.2 Å². The minimum Gasteiger partial charge on any atom is -0.454 e. The summed E-state index contributed by atoms with van der Waals surface area (Å²) in [5, 5.41) is 3.98. The summed E-state index contributed by atoms with van der Waals surface area (Å²) in [6.45, 7) is 0.371. The first-order valence-electron chi connectivity index (χ1n) is 8.57. The normalized spacial score (nSPS) is 18.1. The monoisotopic (exact) mass is 385 g/mol. The maximum atomic E-state index is 13.5. The summed E-state index contributed by atoms with van der Waals surface area (Å²) in [5.41, 5.74) is 0.834. The molecule has 9 heteroatoms. The Morgan fingerprint density at radius 1 is 1.04 bits per heavy atom. The lowest BCUT2D eigenvalue weighted by Crippen LogP contribution is -2.24. The quantitative estimate of drug-likeness (QED) is 0.689. The third kappa shape index (κ3) is 2.84. The molecule has 2 aliphatic heterocycles. The van der Waals surface area contributed by atoms with Gasteiger partial charge in [0.05, 0.1) is 0 Å². The number of carbonyl (C=O) groups is 1. The molecule has 0 radical (unpaired) electrons. The molecule has 1 amide bonds. The molecule has 28 heavy (non-hydrogen) atoms. The second-order valence-corrected chi connectivity index (χ2v) is 6.56. The maximum Gasteiger partial charge on any atom is 0.258 e. The van der Waals surface area contributed by atoms with Crippen molar-refractivity contribution < 1.29 is 27.6 Å². The fourth-order valence-corrected chi connectivity index (χ4v) is 3.37. The zero-order valence-corrected chi connectivity index (χ0v) is 14.4. The number of anilines is 1. The number of aromatic nitrogens is 2. The van der Waals surface area contributed by atoms with Crippen molar-refractivity contribution in [3.63, 3.8) is 0 Å². The van der Waals surface area contributed by atoms with E-state index in [2.05, 4.69) is 10.1 Å². The Hall–Kier alpha value is -3.49. The van der Waals surface area contributed by atoms with Crippen molar-refractivity contribution in [3.05, 3.63) is 53.9 Å². The predicted octanol–water partition coefficient (Wildman–Crippen LogP) is 3.26. The standard InChI is InChI=1S/C19H13F2N3O4/c20-12-5-13(21)7-14(6-12)24-8-11(4-17(24)25)18-22-19(28-23-18)10-1-2-15-16(3-10)27-9-26-15/h1-3,5-7,11H,4,8-9H2. The molecule has 2 aliphatic rings. The summed E-state index contributed by atoms with van der Waals surface area (Å²) >= 11 is 0. The first kappa shape index (κ1) is 16.7. The number of fused-ring (bicyclic) bond motifs is 1. The number of benzene rings is 2. The topological polar surface area (TPSA) is 77.7 Å². The maximum absolute atomic E-state index is 13.5. The molecule has 3 heterocycles. The first-order valence-corrected chi connectivity index (χ1v) is 8.57. The van der Waals surface area contributed by atoms with Gasteiger partial charge in [-0.05, 0) is 30.3 Å². The highest BCUT2D eigenvalue weighted by atomic mass is 19.1. The number of rotatable bonds is 3. The van der Waals surface area contributed by atoms with E-state index >= 15 is 0 Å². The zero-order chi connectivity index (χ0) is 19.3. The number of ether oxygens (including phenoxy) is 2. The van der Waals surface area contributed by atoms with Crippen molar-refractivity contribution in [1.29, 1.82) is 0 Å². The van der Waals surface area contributed by atoms with Crippen LogP contribution in [-0.2, 0) is 4.79 Å². The Labute approximate surface area is 157 Å². The SMILES string of the molecule is O=C1CC(c2noc(-c3ccc4c(c3)OCO4)n2)CN1c1cc(F)cc(F)c1. The predicted molar refractivity (Wildman–Crippen MR) is 91.9 cm³/mol. The van der Waals surface area contributed by atoms with E-state index in [-0.39, 0.29) is 43.2 Å².